The lowest BCUT2D eigenvalue weighted by Crippen LogP contribution is -2.44. The molecule has 0 fully saturated rings. The number of ether oxygens (including phenoxy) is 1. The zero-order chi connectivity index (χ0) is 24.2. The number of aryl methyl sites for hydroxylation is 1. The van der Waals surface area contributed by atoms with Crippen LogP contribution in [0.1, 0.15) is 47.8 Å². The molecule has 7 N–H and O–H groups in total. The molecule has 0 aliphatic carbocycles. The molecule has 11 heteroatoms. The lowest BCUT2D eigenvalue weighted by molar-refractivity contribution is -0.134. The Bertz CT molecular complexity index is 1020. The molecule has 2 heterocycles. The van der Waals surface area contributed by atoms with Crippen molar-refractivity contribution in [3.8, 4) is 11.6 Å². The van der Waals surface area contributed by atoms with Gasteiger partial charge in [-0.3, -0.25) is 9.69 Å². The van der Waals surface area contributed by atoms with Crippen LogP contribution < -0.4 is 16.2 Å². The van der Waals surface area contributed by atoms with Crippen LogP contribution in [-0.4, -0.2) is 60.8 Å². The number of nitrogens with zero attached hydrogens (tertiary/aromatic N) is 3. The third-order valence-electron chi connectivity index (χ3n) is 4.91. The van der Waals surface area contributed by atoms with Gasteiger partial charge in [0.1, 0.15) is 22.7 Å². The molecule has 11 nitrogen and oxygen atoms in total. The molecule has 0 bridgehead atoms. The Labute approximate surface area is 185 Å². The number of phenols is 1. The Morgan fingerprint density at radius 3 is 2.44 bits per heavy atom. The molecule has 174 valence electrons. The molecule has 1 aromatic heterocycles. The topological polar surface area (TPSA) is 185 Å². The van der Waals surface area contributed by atoms with Gasteiger partial charge in [-0.05, 0) is 37.6 Å². The highest BCUT2D eigenvalue weighted by Crippen LogP contribution is 2.37. The van der Waals surface area contributed by atoms with E-state index in [-0.39, 0.29) is 17.3 Å². The number of hydrogen-bond acceptors (Lipinski definition) is 9. The van der Waals surface area contributed by atoms with Crippen molar-refractivity contribution in [2.75, 3.05) is 24.6 Å². The first-order valence-corrected chi connectivity index (χ1v) is 9.93. The molecule has 1 unspecified atom stereocenters. The number of likely N-dealkylation sites (N-methyl/N-ethyl adjacent to an activating group) is 1. The molecule has 0 amide bonds. The Hall–Kier alpha value is -3.60. The van der Waals surface area contributed by atoms with E-state index in [0.717, 1.165) is 24.6 Å². The fraction of sp³-hybridized carbons (Fsp3) is 0.429. The summed E-state index contributed by atoms with van der Waals surface area (Å²) in [5, 5.41) is 26.7. The number of aromatic nitrogens is 2. The molecule has 1 aliphatic heterocycles. The number of nitrogen functional groups attached to an aromatic ring is 2. The van der Waals surface area contributed by atoms with Crippen molar-refractivity contribution in [2.45, 2.75) is 46.3 Å². The second-order valence-corrected chi connectivity index (χ2v) is 7.92. The number of benzene rings is 1. The lowest BCUT2D eigenvalue weighted by atomic mass is 9.98. The van der Waals surface area contributed by atoms with Crippen LogP contribution in [0.25, 0.3) is 0 Å². The normalized spacial score (nSPS) is 16.7. The summed E-state index contributed by atoms with van der Waals surface area (Å²) >= 11 is 0. The van der Waals surface area contributed by atoms with E-state index in [9.17, 15) is 15.0 Å². The van der Waals surface area contributed by atoms with Crippen LogP contribution >= 0.6 is 0 Å². The number of rotatable bonds is 6. The Balaban J connectivity index is 0.000000837. The van der Waals surface area contributed by atoms with E-state index < -0.39 is 17.5 Å². The molecular formula is C21H29N5O6. The molecule has 0 spiro atoms. The third kappa shape index (κ3) is 5.97. The molecule has 32 heavy (non-hydrogen) atoms. The summed E-state index contributed by atoms with van der Waals surface area (Å²) in [5.74, 6) is -1.37. The minimum atomic E-state index is -1.15. The molecular weight excluding hydrogens is 418 g/mol. The molecule has 1 aromatic carbocycles. The highest BCUT2D eigenvalue weighted by atomic mass is 16.5. The van der Waals surface area contributed by atoms with Crippen LogP contribution in [0.5, 0.6) is 11.6 Å². The summed E-state index contributed by atoms with van der Waals surface area (Å²) in [4.78, 5) is 30.6. The van der Waals surface area contributed by atoms with Crippen molar-refractivity contribution in [3.63, 3.8) is 0 Å². The van der Waals surface area contributed by atoms with Gasteiger partial charge in [0.25, 0.3) is 5.97 Å². The first kappa shape index (κ1) is 24.7. The first-order chi connectivity index (χ1) is 14.8. The van der Waals surface area contributed by atoms with Crippen LogP contribution in [0.2, 0.25) is 0 Å². The van der Waals surface area contributed by atoms with Gasteiger partial charge in [0, 0.05) is 26.4 Å². The fourth-order valence-electron chi connectivity index (χ4n) is 3.60. The molecule has 0 saturated carbocycles. The number of aromatic hydroxyl groups is 1. The molecule has 3 rings (SSSR count). The van der Waals surface area contributed by atoms with Crippen LogP contribution in [0, 0.1) is 6.92 Å². The smallest absolute Gasteiger partial charge is 0.339 e. The quantitative estimate of drug-likeness (QED) is 0.433. The molecule has 1 aliphatic rings. The largest absolute Gasteiger partial charge is 0.507 e. The standard InChI is InChI=1S/C19H25N5O4.C2H4O2/c1-4-24(8-11-5-10(2)14(25)12(6-11)17(26)27)9-19(3)7-13-15(20)22-18(21)23-16(13)28-19;1-2(3)4/h5-6,25H,4,7-9H2,1-3H3,(H,26,27)(H4,20,21,22,23);1H3,(H,3,4). The van der Waals surface area contributed by atoms with Crippen LogP contribution in [0.15, 0.2) is 12.1 Å². The van der Waals surface area contributed by atoms with Gasteiger partial charge in [0.05, 0.1) is 5.56 Å². The van der Waals surface area contributed by atoms with Gasteiger partial charge in [-0.1, -0.05) is 13.0 Å². The molecule has 1 atom stereocenters. The number of anilines is 2. The van der Waals surface area contributed by atoms with Crippen molar-refractivity contribution in [1.29, 1.82) is 0 Å². The van der Waals surface area contributed by atoms with Gasteiger partial charge in [0.2, 0.25) is 11.8 Å². The van der Waals surface area contributed by atoms with Crippen molar-refractivity contribution < 1.29 is 29.6 Å². The highest BCUT2D eigenvalue weighted by molar-refractivity contribution is 5.91. The van der Waals surface area contributed by atoms with Crippen LogP contribution in [0.4, 0.5) is 11.8 Å². The van der Waals surface area contributed by atoms with Gasteiger partial charge in [0.15, 0.2) is 0 Å². The van der Waals surface area contributed by atoms with Crippen molar-refractivity contribution in [2.24, 2.45) is 0 Å². The number of hydrogen-bond donors (Lipinski definition) is 5. The van der Waals surface area contributed by atoms with E-state index in [1.807, 2.05) is 13.8 Å². The van der Waals surface area contributed by atoms with Crippen LogP contribution in [-0.2, 0) is 17.8 Å². The van der Waals surface area contributed by atoms with Gasteiger partial charge in [-0.15, -0.1) is 0 Å². The van der Waals surface area contributed by atoms with E-state index in [2.05, 4.69) is 14.9 Å². The summed E-state index contributed by atoms with van der Waals surface area (Å²) in [5.41, 5.74) is 13.0. The average molecular weight is 447 g/mol. The molecule has 0 saturated heterocycles. The third-order valence-corrected chi connectivity index (χ3v) is 4.91. The second-order valence-electron chi connectivity index (χ2n) is 7.92. The summed E-state index contributed by atoms with van der Waals surface area (Å²) < 4.78 is 6.04. The fourth-order valence-corrected chi connectivity index (χ4v) is 3.60. The number of carbonyl (C=O) groups is 2. The van der Waals surface area contributed by atoms with Crippen molar-refractivity contribution in [1.82, 2.24) is 14.9 Å². The maximum absolute atomic E-state index is 11.4. The predicted molar refractivity (Wildman–Crippen MR) is 118 cm³/mol. The van der Waals surface area contributed by atoms with Crippen molar-refractivity contribution in [3.05, 3.63) is 34.4 Å². The zero-order valence-electron chi connectivity index (χ0n) is 18.5. The van der Waals surface area contributed by atoms with Crippen LogP contribution in [0.3, 0.4) is 0 Å². The maximum atomic E-state index is 11.4. The predicted octanol–water partition coefficient (Wildman–Crippen LogP) is 1.66. The highest BCUT2D eigenvalue weighted by Gasteiger charge is 2.39. The summed E-state index contributed by atoms with van der Waals surface area (Å²) in [6, 6.07) is 3.30. The number of carboxylic acid groups (broad SMARTS) is 2. The monoisotopic (exact) mass is 447 g/mol. The minimum Gasteiger partial charge on any atom is -0.507 e. The maximum Gasteiger partial charge on any atom is 0.339 e. The number of nitrogens with two attached hydrogens (primary N) is 2. The zero-order valence-corrected chi connectivity index (χ0v) is 18.5. The van der Waals surface area contributed by atoms with Gasteiger partial charge in [-0.2, -0.15) is 9.97 Å². The van der Waals surface area contributed by atoms with Gasteiger partial charge >= 0.3 is 5.97 Å². The Morgan fingerprint density at radius 1 is 1.25 bits per heavy atom. The van der Waals surface area contributed by atoms with E-state index >= 15 is 0 Å². The van der Waals surface area contributed by atoms with Gasteiger partial charge < -0.3 is 31.5 Å². The number of aliphatic carboxylic acids is 1. The van der Waals surface area contributed by atoms with Crippen molar-refractivity contribution >= 4 is 23.7 Å². The van der Waals surface area contributed by atoms with E-state index in [1.54, 1.807) is 13.0 Å². The number of aromatic carboxylic acids is 1. The molecule has 0 radical (unpaired) electrons. The SMILES string of the molecule is CC(=O)O.CCN(Cc1cc(C)c(O)c(C(=O)O)c1)CC1(C)Cc2c(N)nc(N)nc2O1. The lowest BCUT2D eigenvalue weighted by Gasteiger charge is -2.31. The Morgan fingerprint density at radius 2 is 1.88 bits per heavy atom. The Kier molecular flexibility index (Phi) is 7.47. The summed E-state index contributed by atoms with van der Waals surface area (Å²) in [6.07, 6.45) is 0.555. The number of fused-ring (bicyclic) bond motifs is 1. The second kappa shape index (κ2) is 9.69. The first-order valence-electron chi connectivity index (χ1n) is 9.93. The summed E-state index contributed by atoms with van der Waals surface area (Å²) in [7, 11) is 0. The molecule has 2 aromatic rings. The van der Waals surface area contributed by atoms with E-state index in [1.165, 1.54) is 6.07 Å². The summed E-state index contributed by atoms with van der Waals surface area (Å²) in [6.45, 7) is 8.56. The minimum absolute atomic E-state index is 0.0774. The average Bonchev–Trinajstić information content (AvgIpc) is 2.99. The van der Waals surface area contributed by atoms with E-state index in [0.29, 0.717) is 36.8 Å². The van der Waals surface area contributed by atoms with Gasteiger partial charge in [-0.25, -0.2) is 4.79 Å². The van der Waals surface area contributed by atoms with E-state index in [4.69, 9.17) is 26.1 Å². The number of carboxylic acids is 2.